The fraction of sp³-hybridized carbons (Fsp3) is 0.652. The van der Waals surface area contributed by atoms with Crippen LogP contribution in [0.3, 0.4) is 0 Å². The normalized spacial score (nSPS) is 19.1. The first-order valence-corrected chi connectivity index (χ1v) is 10.8. The maximum atomic E-state index is 12.0. The number of hydrogen-bond donors (Lipinski definition) is 3. The van der Waals surface area contributed by atoms with Crippen molar-refractivity contribution in [1.29, 1.82) is 0 Å². The van der Waals surface area contributed by atoms with Crippen LogP contribution in [0.1, 0.15) is 57.6 Å². The van der Waals surface area contributed by atoms with E-state index >= 15 is 0 Å². The molecule has 1 amide bonds. The molecular formula is C23H40IN5O2. The summed E-state index contributed by atoms with van der Waals surface area (Å²) >= 11 is 0. The van der Waals surface area contributed by atoms with Gasteiger partial charge in [0, 0.05) is 45.5 Å². The van der Waals surface area contributed by atoms with E-state index in [0.717, 1.165) is 38.2 Å². The summed E-state index contributed by atoms with van der Waals surface area (Å²) in [5.41, 5.74) is 3.26. The second-order valence-electron chi connectivity index (χ2n) is 9.27. The summed E-state index contributed by atoms with van der Waals surface area (Å²) in [4.78, 5) is 18.4. The highest BCUT2D eigenvalue weighted by atomic mass is 127. The number of amides is 1. The number of rotatable bonds is 5. The largest absolute Gasteiger partial charge is 0.444 e. The van der Waals surface area contributed by atoms with Gasteiger partial charge in [0.2, 0.25) is 0 Å². The number of nitrogens with zero attached hydrogens (tertiary/aromatic N) is 2. The van der Waals surface area contributed by atoms with Gasteiger partial charge in [0.1, 0.15) is 5.60 Å². The lowest BCUT2D eigenvalue weighted by Crippen LogP contribution is -2.48. The predicted molar refractivity (Wildman–Crippen MR) is 140 cm³/mol. The van der Waals surface area contributed by atoms with E-state index in [1.807, 2.05) is 20.8 Å². The van der Waals surface area contributed by atoms with Gasteiger partial charge >= 0.3 is 6.09 Å². The molecule has 1 fully saturated rings. The average Bonchev–Trinajstić information content (AvgIpc) is 2.65. The Hall–Kier alpha value is -1.71. The van der Waals surface area contributed by atoms with Gasteiger partial charge in [0.15, 0.2) is 5.96 Å². The Balaban J connectivity index is 0.00000480. The number of guanidine groups is 1. The van der Waals surface area contributed by atoms with Crippen LogP contribution in [0, 0.1) is 6.92 Å². The number of carbonyl (C=O) groups is 1. The van der Waals surface area contributed by atoms with Gasteiger partial charge in [-0.25, -0.2) is 4.79 Å². The Labute approximate surface area is 204 Å². The third-order valence-corrected chi connectivity index (χ3v) is 5.30. The van der Waals surface area contributed by atoms with Crippen LogP contribution in [0.25, 0.3) is 0 Å². The van der Waals surface area contributed by atoms with E-state index in [4.69, 9.17) is 4.74 Å². The van der Waals surface area contributed by atoms with Crippen LogP contribution in [0.4, 0.5) is 10.5 Å². The van der Waals surface area contributed by atoms with Crippen molar-refractivity contribution in [2.24, 2.45) is 4.99 Å². The van der Waals surface area contributed by atoms with Crippen LogP contribution in [-0.2, 0) is 11.3 Å². The molecule has 0 spiro atoms. The number of anilines is 1. The van der Waals surface area contributed by atoms with Crippen molar-refractivity contribution in [2.75, 3.05) is 26.0 Å². The van der Waals surface area contributed by atoms with Crippen LogP contribution < -0.4 is 20.9 Å². The number of aliphatic imine (C=N–C) groups is 1. The van der Waals surface area contributed by atoms with Gasteiger partial charge in [-0.2, -0.15) is 0 Å². The van der Waals surface area contributed by atoms with Gasteiger partial charge in [0.05, 0.1) is 0 Å². The fourth-order valence-electron chi connectivity index (χ4n) is 3.58. The number of halogens is 1. The Kier molecular flexibility index (Phi) is 10.9. The smallest absolute Gasteiger partial charge is 0.407 e. The zero-order valence-corrected chi connectivity index (χ0v) is 22.4. The lowest BCUT2D eigenvalue weighted by molar-refractivity contribution is 0.0490. The summed E-state index contributed by atoms with van der Waals surface area (Å²) in [5.74, 6) is 0.814. The maximum absolute atomic E-state index is 12.0. The van der Waals surface area contributed by atoms with E-state index in [-0.39, 0.29) is 36.1 Å². The lowest BCUT2D eigenvalue weighted by Gasteiger charge is -2.31. The topological polar surface area (TPSA) is 78.0 Å². The number of nitrogens with one attached hydrogen (secondary N) is 3. The number of hydrogen-bond acceptors (Lipinski definition) is 4. The van der Waals surface area contributed by atoms with Gasteiger partial charge < -0.3 is 25.6 Å². The summed E-state index contributed by atoms with van der Waals surface area (Å²) in [6.45, 7) is 8.51. The molecule has 0 radical (unpaired) electrons. The molecule has 1 aromatic carbocycles. The van der Waals surface area contributed by atoms with Crippen LogP contribution in [0.15, 0.2) is 23.2 Å². The minimum atomic E-state index is -0.466. The molecule has 0 saturated heterocycles. The Bertz CT molecular complexity index is 738. The van der Waals surface area contributed by atoms with Gasteiger partial charge in [-0.1, -0.05) is 6.07 Å². The molecule has 8 heteroatoms. The van der Waals surface area contributed by atoms with E-state index in [9.17, 15) is 4.79 Å². The molecule has 2 rings (SSSR count). The summed E-state index contributed by atoms with van der Waals surface area (Å²) in [7, 11) is 5.90. The second kappa shape index (κ2) is 12.4. The molecule has 0 aliphatic heterocycles. The van der Waals surface area contributed by atoms with Crippen LogP contribution in [0.2, 0.25) is 0 Å². The SMILES string of the molecule is CN=C(NCc1ccc(N(C)C)cc1C)NC1CCC(NC(=O)OC(C)(C)C)CC1.I. The summed E-state index contributed by atoms with van der Waals surface area (Å²) in [6, 6.07) is 7.03. The Morgan fingerprint density at radius 1 is 1.13 bits per heavy atom. The first kappa shape index (κ1) is 27.3. The molecule has 1 aliphatic carbocycles. The highest BCUT2D eigenvalue weighted by Gasteiger charge is 2.25. The van der Waals surface area contributed by atoms with Gasteiger partial charge in [-0.15, -0.1) is 24.0 Å². The monoisotopic (exact) mass is 545 g/mol. The number of benzene rings is 1. The average molecular weight is 546 g/mol. The molecule has 0 aromatic heterocycles. The van der Waals surface area contributed by atoms with Crippen LogP contribution >= 0.6 is 24.0 Å². The van der Waals surface area contributed by atoms with Crippen molar-refractivity contribution in [3.05, 3.63) is 29.3 Å². The Morgan fingerprint density at radius 2 is 1.71 bits per heavy atom. The number of carbonyl (C=O) groups excluding carboxylic acids is 1. The molecule has 3 N–H and O–H groups in total. The molecular weight excluding hydrogens is 505 g/mol. The van der Waals surface area contributed by atoms with E-state index in [1.54, 1.807) is 7.05 Å². The van der Waals surface area contributed by atoms with Crippen LogP contribution in [0.5, 0.6) is 0 Å². The third-order valence-electron chi connectivity index (χ3n) is 5.30. The number of aryl methyl sites for hydroxylation is 1. The minimum Gasteiger partial charge on any atom is -0.444 e. The first-order valence-electron chi connectivity index (χ1n) is 10.8. The highest BCUT2D eigenvalue weighted by Crippen LogP contribution is 2.20. The molecule has 0 atom stereocenters. The summed E-state index contributed by atoms with van der Waals surface area (Å²) in [6.07, 6.45) is 3.50. The zero-order chi connectivity index (χ0) is 22.3. The fourth-order valence-corrected chi connectivity index (χ4v) is 3.58. The molecule has 0 unspecified atom stereocenters. The number of alkyl carbamates (subject to hydrolysis) is 1. The predicted octanol–water partition coefficient (Wildman–Crippen LogP) is 4.18. The van der Waals surface area contributed by atoms with Crippen molar-refractivity contribution in [1.82, 2.24) is 16.0 Å². The number of ether oxygens (including phenoxy) is 1. The third kappa shape index (κ3) is 9.53. The van der Waals surface area contributed by atoms with E-state index in [2.05, 4.69) is 65.1 Å². The molecule has 1 aliphatic rings. The van der Waals surface area contributed by atoms with E-state index in [1.165, 1.54) is 16.8 Å². The molecule has 7 nitrogen and oxygen atoms in total. The van der Waals surface area contributed by atoms with Crippen molar-refractivity contribution in [3.8, 4) is 0 Å². The Morgan fingerprint density at radius 3 is 2.19 bits per heavy atom. The standard InChI is InChI=1S/C23H39N5O2.HI/c1-16-14-20(28(6)7)13-8-17(16)15-25-21(24-5)26-18-9-11-19(12-10-18)27-22(29)30-23(2,3)4;/h8,13-14,18-19H,9-12,15H2,1-7H3,(H,27,29)(H2,24,25,26);1H. The maximum Gasteiger partial charge on any atom is 0.407 e. The lowest BCUT2D eigenvalue weighted by atomic mass is 9.91. The van der Waals surface area contributed by atoms with Gasteiger partial charge in [0.25, 0.3) is 0 Å². The molecule has 31 heavy (non-hydrogen) atoms. The minimum absolute atomic E-state index is 0. The molecule has 176 valence electrons. The van der Waals surface area contributed by atoms with E-state index < -0.39 is 5.60 Å². The molecule has 1 saturated carbocycles. The second-order valence-corrected chi connectivity index (χ2v) is 9.27. The summed E-state index contributed by atoms with van der Waals surface area (Å²) < 4.78 is 5.36. The molecule has 0 heterocycles. The van der Waals surface area contributed by atoms with E-state index in [0.29, 0.717) is 6.04 Å². The van der Waals surface area contributed by atoms with Gasteiger partial charge in [-0.3, -0.25) is 4.99 Å². The van der Waals surface area contributed by atoms with Crippen molar-refractivity contribution >= 4 is 41.7 Å². The molecule has 1 aromatic rings. The zero-order valence-electron chi connectivity index (χ0n) is 20.0. The first-order chi connectivity index (χ1) is 14.1. The van der Waals surface area contributed by atoms with Crippen LogP contribution in [-0.4, -0.2) is 50.9 Å². The van der Waals surface area contributed by atoms with Gasteiger partial charge in [-0.05, 0) is 76.6 Å². The quantitative estimate of drug-likeness (QED) is 0.294. The summed E-state index contributed by atoms with van der Waals surface area (Å²) in [5, 5.41) is 9.94. The molecule has 0 bridgehead atoms. The van der Waals surface area contributed by atoms with Crippen molar-refractivity contribution in [2.45, 2.75) is 77.6 Å². The highest BCUT2D eigenvalue weighted by molar-refractivity contribution is 14.0. The van der Waals surface area contributed by atoms with Crippen molar-refractivity contribution in [3.63, 3.8) is 0 Å². The van der Waals surface area contributed by atoms with Crippen molar-refractivity contribution < 1.29 is 9.53 Å².